The highest BCUT2D eigenvalue weighted by atomic mass is 79.9. The van der Waals surface area contributed by atoms with Gasteiger partial charge in [0.1, 0.15) is 16.7 Å². The molecule has 1 aromatic carbocycles. The van der Waals surface area contributed by atoms with Crippen LogP contribution < -0.4 is 4.74 Å². The summed E-state index contributed by atoms with van der Waals surface area (Å²) in [5.41, 5.74) is 0.878. The topological polar surface area (TPSA) is 38.7 Å². The average molecular weight is 318 g/mol. The molecule has 0 N–H and O–H groups in total. The van der Waals surface area contributed by atoms with Gasteiger partial charge in [0.2, 0.25) is 0 Å². The van der Waals surface area contributed by atoms with Crippen LogP contribution in [0.1, 0.15) is 26.3 Å². The van der Waals surface area contributed by atoms with Crippen molar-refractivity contribution in [2.75, 3.05) is 7.11 Å². The molecule has 5 heteroatoms. The van der Waals surface area contributed by atoms with E-state index in [2.05, 4.69) is 20.3 Å². The van der Waals surface area contributed by atoms with Crippen LogP contribution in [0.4, 0.5) is 0 Å². The second-order valence-corrected chi connectivity index (χ2v) is 7.27. The van der Waals surface area contributed by atoms with E-state index in [-0.39, 0.29) is 4.75 Å². The van der Waals surface area contributed by atoms with E-state index < -0.39 is 11.0 Å². The Labute approximate surface area is 113 Å². The highest BCUT2D eigenvalue weighted by Gasteiger charge is 2.18. The smallest absolute Gasteiger partial charge is 0.144 e. The third kappa shape index (κ3) is 4.24. The highest BCUT2D eigenvalue weighted by molar-refractivity contribution is 9.10. The first-order valence-corrected chi connectivity index (χ1v) is 7.04. The van der Waals surface area contributed by atoms with Crippen LogP contribution in [0.3, 0.4) is 0 Å². The van der Waals surface area contributed by atoms with Gasteiger partial charge in [-0.15, -0.1) is 0 Å². The predicted octanol–water partition coefficient (Wildman–Crippen LogP) is 3.34. The van der Waals surface area contributed by atoms with Crippen LogP contribution in [0.15, 0.2) is 27.1 Å². The van der Waals surface area contributed by atoms with E-state index in [1.165, 1.54) is 0 Å². The Bertz CT molecular complexity index is 452. The van der Waals surface area contributed by atoms with E-state index in [1.54, 1.807) is 13.3 Å². The van der Waals surface area contributed by atoms with Gasteiger partial charge in [-0.25, -0.2) is 4.21 Å². The minimum atomic E-state index is -1.24. The molecule has 1 atom stereocenters. The van der Waals surface area contributed by atoms with Gasteiger partial charge in [0.15, 0.2) is 0 Å². The van der Waals surface area contributed by atoms with Crippen LogP contribution in [0.5, 0.6) is 5.75 Å². The minimum Gasteiger partial charge on any atom is -0.497 e. The fraction of sp³-hybridized carbons (Fsp3) is 0.417. The Hall–Kier alpha value is -0.680. The molecule has 0 aromatic heterocycles. The molecule has 0 saturated carbocycles. The SMILES string of the molecule is COc1ccc(/C=N/[S@](=O)C(C)(C)C)c(Br)c1. The first-order valence-electron chi connectivity index (χ1n) is 5.14. The van der Waals surface area contributed by atoms with E-state index in [4.69, 9.17) is 4.74 Å². The molecule has 94 valence electrons. The van der Waals surface area contributed by atoms with Gasteiger partial charge in [-0.05, 0) is 54.9 Å². The molecular weight excluding hydrogens is 302 g/mol. The summed E-state index contributed by atoms with van der Waals surface area (Å²) in [6.07, 6.45) is 1.62. The van der Waals surface area contributed by atoms with Crippen molar-refractivity contribution in [3.63, 3.8) is 0 Å². The molecular formula is C12H16BrNO2S. The van der Waals surface area contributed by atoms with Crippen LogP contribution in [0, 0.1) is 0 Å². The number of nitrogens with zero attached hydrogens (tertiary/aromatic N) is 1. The molecule has 0 unspecified atom stereocenters. The van der Waals surface area contributed by atoms with E-state index in [0.717, 1.165) is 15.8 Å². The van der Waals surface area contributed by atoms with Crippen molar-refractivity contribution >= 4 is 33.1 Å². The third-order valence-electron chi connectivity index (χ3n) is 2.02. The third-order valence-corrected chi connectivity index (χ3v) is 4.05. The summed E-state index contributed by atoms with van der Waals surface area (Å²) in [5.74, 6) is 0.769. The number of halogens is 1. The number of benzene rings is 1. The first kappa shape index (κ1) is 14.4. The molecule has 0 aliphatic rings. The number of methoxy groups -OCH3 is 1. The van der Waals surface area contributed by atoms with Gasteiger partial charge in [-0.3, -0.25) is 0 Å². The van der Waals surface area contributed by atoms with Crippen molar-refractivity contribution in [2.24, 2.45) is 4.40 Å². The van der Waals surface area contributed by atoms with Crippen LogP contribution in [0.25, 0.3) is 0 Å². The number of ether oxygens (including phenoxy) is 1. The maximum absolute atomic E-state index is 11.7. The van der Waals surface area contributed by atoms with Crippen molar-refractivity contribution in [1.29, 1.82) is 0 Å². The summed E-state index contributed by atoms with van der Waals surface area (Å²) >= 11 is 3.42. The lowest BCUT2D eigenvalue weighted by molar-refractivity contribution is 0.414. The minimum absolute atomic E-state index is 0.338. The molecule has 3 nitrogen and oxygen atoms in total. The summed E-state index contributed by atoms with van der Waals surface area (Å²) in [7, 11) is 0.379. The van der Waals surface area contributed by atoms with Crippen LogP contribution in [-0.4, -0.2) is 22.3 Å². The highest BCUT2D eigenvalue weighted by Crippen LogP contribution is 2.22. The summed E-state index contributed by atoms with van der Waals surface area (Å²) in [5, 5.41) is 0. The normalized spacial score (nSPS) is 13.9. The number of hydrogen-bond acceptors (Lipinski definition) is 2. The fourth-order valence-corrected chi connectivity index (χ4v) is 1.99. The van der Waals surface area contributed by atoms with Gasteiger partial charge in [-0.2, -0.15) is 4.40 Å². The largest absolute Gasteiger partial charge is 0.497 e. The molecule has 0 bridgehead atoms. The Balaban J connectivity index is 2.89. The molecule has 0 aliphatic carbocycles. The van der Waals surface area contributed by atoms with Gasteiger partial charge >= 0.3 is 0 Å². The summed E-state index contributed by atoms with van der Waals surface area (Å²) < 4.78 is 21.4. The van der Waals surface area contributed by atoms with E-state index in [9.17, 15) is 4.21 Å². The van der Waals surface area contributed by atoms with Gasteiger partial charge < -0.3 is 4.74 Å². The molecule has 1 rings (SSSR count). The molecule has 1 aromatic rings. The molecule has 0 amide bonds. The van der Waals surface area contributed by atoms with Crippen LogP contribution >= 0.6 is 15.9 Å². The number of rotatable bonds is 3. The Morgan fingerprint density at radius 1 is 1.41 bits per heavy atom. The fourth-order valence-electron chi connectivity index (χ4n) is 1.00. The molecule has 0 saturated heterocycles. The summed E-state index contributed by atoms with van der Waals surface area (Å²) in [4.78, 5) is 0. The Kier molecular flexibility index (Phi) is 4.89. The average Bonchev–Trinajstić information content (AvgIpc) is 2.25. The van der Waals surface area contributed by atoms with Crippen LogP contribution in [-0.2, 0) is 11.0 Å². The second-order valence-electron chi connectivity index (χ2n) is 4.48. The van der Waals surface area contributed by atoms with E-state index in [0.29, 0.717) is 0 Å². The maximum atomic E-state index is 11.7. The zero-order chi connectivity index (χ0) is 13.1. The molecule has 17 heavy (non-hydrogen) atoms. The maximum Gasteiger partial charge on any atom is 0.144 e. The number of hydrogen-bond donors (Lipinski definition) is 0. The Morgan fingerprint density at radius 2 is 2.06 bits per heavy atom. The Morgan fingerprint density at radius 3 is 2.53 bits per heavy atom. The standard InChI is InChI=1S/C12H16BrNO2S/c1-12(2,3)17(15)14-8-9-5-6-10(16-4)7-11(9)13/h5-8H,1-4H3/b14-8+/t17-/m1/s1. The quantitative estimate of drug-likeness (QED) is 0.802. The lowest BCUT2D eigenvalue weighted by Crippen LogP contribution is -2.19. The zero-order valence-electron chi connectivity index (χ0n) is 10.4. The van der Waals surface area contributed by atoms with Crippen LogP contribution in [0.2, 0.25) is 0 Å². The van der Waals surface area contributed by atoms with Gasteiger partial charge in [-0.1, -0.05) is 0 Å². The monoisotopic (exact) mass is 317 g/mol. The molecule has 0 aliphatic heterocycles. The van der Waals surface area contributed by atoms with Gasteiger partial charge in [0, 0.05) is 16.3 Å². The van der Waals surface area contributed by atoms with Crippen molar-refractivity contribution in [3.05, 3.63) is 28.2 Å². The lowest BCUT2D eigenvalue weighted by Gasteiger charge is -2.12. The van der Waals surface area contributed by atoms with Gasteiger partial charge in [0.05, 0.1) is 11.9 Å². The molecule has 0 heterocycles. The van der Waals surface area contributed by atoms with Crippen molar-refractivity contribution < 1.29 is 8.95 Å². The predicted molar refractivity (Wildman–Crippen MR) is 76.2 cm³/mol. The van der Waals surface area contributed by atoms with Crippen molar-refractivity contribution in [2.45, 2.75) is 25.5 Å². The van der Waals surface area contributed by atoms with E-state index in [1.807, 2.05) is 39.0 Å². The second kappa shape index (κ2) is 5.78. The van der Waals surface area contributed by atoms with E-state index >= 15 is 0 Å². The van der Waals surface area contributed by atoms with Crippen molar-refractivity contribution in [3.8, 4) is 5.75 Å². The summed E-state index contributed by atoms with van der Waals surface area (Å²) in [6.45, 7) is 5.68. The lowest BCUT2D eigenvalue weighted by atomic mass is 10.2. The summed E-state index contributed by atoms with van der Waals surface area (Å²) in [6, 6.07) is 5.56. The molecule has 0 radical (unpaired) electrons. The van der Waals surface area contributed by atoms with Crippen molar-refractivity contribution in [1.82, 2.24) is 0 Å². The molecule has 0 spiro atoms. The zero-order valence-corrected chi connectivity index (χ0v) is 12.8. The van der Waals surface area contributed by atoms with Gasteiger partial charge in [0.25, 0.3) is 0 Å². The molecule has 0 fully saturated rings. The first-order chi connectivity index (χ1) is 7.84.